The summed E-state index contributed by atoms with van der Waals surface area (Å²) in [5.74, 6) is 1.76. The van der Waals surface area contributed by atoms with Gasteiger partial charge in [0, 0.05) is 23.1 Å². The third-order valence-electron chi connectivity index (χ3n) is 7.85. The maximum Gasteiger partial charge on any atom is 0.435 e. The summed E-state index contributed by atoms with van der Waals surface area (Å²) in [6.45, 7) is 7.59. The Labute approximate surface area is 175 Å². The summed E-state index contributed by atoms with van der Waals surface area (Å²) in [7, 11) is -2.80. The van der Waals surface area contributed by atoms with Crippen LogP contribution in [0.4, 0.5) is 13.2 Å². The van der Waals surface area contributed by atoms with Crippen LogP contribution in [0.3, 0.4) is 0 Å². The zero-order valence-electron chi connectivity index (χ0n) is 17.7. The molecular weight excluding hydrogens is 415 g/mol. The van der Waals surface area contributed by atoms with Crippen molar-refractivity contribution in [3.05, 3.63) is 17.5 Å². The van der Waals surface area contributed by atoms with Gasteiger partial charge in [0.1, 0.15) is 0 Å². The topological polar surface area (TPSA) is 55.2 Å². The first-order valence-electron chi connectivity index (χ1n) is 10.9. The minimum Gasteiger partial charge on any atom is -0.300 e. The van der Waals surface area contributed by atoms with Crippen LogP contribution < -0.4 is 0 Å². The molecule has 1 spiro atoms. The standard InChI is InChI=1S/C21H30F3N3O2S/c1-19(2,3)27-16(10-17(25-27)21(22,23)24)18-14-8-13(9-15(14)18)26-6-4-20(5-7-26)11-30(28,29)12-20/h10,13-15,18H,4-9,11-12H2,1-3H3/t13-,14+,15-,18-. The zero-order valence-corrected chi connectivity index (χ0v) is 18.6. The average Bonchev–Trinajstić information content (AvgIpc) is 2.98. The minimum atomic E-state index is -4.42. The Hall–Kier alpha value is -1.09. The molecule has 2 aliphatic heterocycles. The molecule has 0 aromatic carbocycles. The molecule has 2 saturated heterocycles. The average molecular weight is 446 g/mol. The van der Waals surface area contributed by atoms with E-state index in [2.05, 4.69) is 10.00 Å². The number of hydrogen-bond donors (Lipinski definition) is 0. The molecule has 0 amide bonds. The monoisotopic (exact) mass is 445 g/mol. The molecule has 4 aliphatic rings. The van der Waals surface area contributed by atoms with Gasteiger partial charge in [-0.3, -0.25) is 4.68 Å². The highest BCUT2D eigenvalue weighted by atomic mass is 32.2. The Morgan fingerprint density at radius 1 is 1.07 bits per heavy atom. The van der Waals surface area contributed by atoms with Crippen molar-refractivity contribution >= 4 is 9.84 Å². The van der Waals surface area contributed by atoms with Crippen LogP contribution in [0.2, 0.25) is 0 Å². The Balaban J connectivity index is 1.24. The van der Waals surface area contributed by atoms with E-state index >= 15 is 0 Å². The van der Waals surface area contributed by atoms with E-state index in [1.165, 1.54) is 6.07 Å². The van der Waals surface area contributed by atoms with E-state index in [-0.39, 0.29) is 11.3 Å². The van der Waals surface area contributed by atoms with Gasteiger partial charge in [0.2, 0.25) is 0 Å². The van der Waals surface area contributed by atoms with Crippen molar-refractivity contribution in [2.24, 2.45) is 17.3 Å². The fourth-order valence-electron chi connectivity index (χ4n) is 6.40. The van der Waals surface area contributed by atoms with E-state index < -0.39 is 27.2 Å². The predicted molar refractivity (Wildman–Crippen MR) is 107 cm³/mol. The van der Waals surface area contributed by atoms with Crippen LogP contribution in [0.1, 0.15) is 63.8 Å². The lowest BCUT2D eigenvalue weighted by molar-refractivity contribution is -0.141. The van der Waals surface area contributed by atoms with Crippen molar-refractivity contribution in [1.82, 2.24) is 14.7 Å². The van der Waals surface area contributed by atoms with Crippen LogP contribution in [0.25, 0.3) is 0 Å². The molecule has 0 bridgehead atoms. The molecule has 1 aromatic rings. The summed E-state index contributed by atoms with van der Waals surface area (Å²) >= 11 is 0. The minimum absolute atomic E-state index is 0.0204. The third-order valence-corrected chi connectivity index (χ3v) is 9.96. The molecule has 0 N–H and O–H groups in total. The Bertz CT molecular complexity index is 929. The fourth-order valence-corrected chi connectivity index (χ4v) is 8.76. The van der Waals surface area contributed by atoms with Crippen LogP contribution in [-0.2, 0) is 21.6 Å². The molecule has 5 nitrogen and oxygen atoms in total. The highest BCUT2D eigenvalue weighted by Gasteiger charge is 2.60. The van der Waals surface area contributed by atoms with Gasteiger partial charge in [0.15, 0.2) is 15.5 Å². The highest BCUT2D eigenvalue weighted by molar-refractivity contribution is 7.92. The molecule has 3 heterocycles. The smallest absolute Gasteiger partial charge is 0.300 e. The van der Waals surface area contributed by atoms with E-state index in [0.717, 1.165) is 44.5 Å². The molecular formula is C21H30F3N3O2S. The lowest BCUT2D eigenvalue weighted by Crippen LogP contribution is -2.55. The SMILES string of the molecule is CC(C)(C)n1nc(C(F)(F)F)cc1[C@H]1[C@@H]2C[C@H](N3CCC4(CC3)CS(=O)(=O)C4)C[C@@H]21. The van der Waals surface area contributed by atoms with Gasteiger partial charge >= 0.3 is 6.18 Å². The van der Waals surface area contributed by atoms with Crippen LogP contribution in [-0.4, -0.2) is 53.7 Å². The van der Waals surface area contributed by atoms with Gasteiger partial charge in [-0.25, -0.2) is 8.42 Å². The number of hydrogen-bond acceptors (Lipinski definition) is 4. The number of fused-ring (bicyclic) bond motifs is 1. The summed E-state index contributed by atoms with van der Waals surface area (Å²) in [6.07, 6.45) is -0.467. The van der Waals surface area contributed by atoms with Gasteiger partial charge in [-0.05, 0) is 77.4 Å². The van der Waals surface area contributed by atoms with E-state index in [9.17, 15) is 21.6 Å². The van der Waals surface area contributed by atoms with E-state index in [1.54, 1.807) is 4.68 Å². The molecule has 1 aromatic heterocycles. The van der Waals surface area contributed by atoms with Gasteiger partial charge < -0.3 is 4.90 Å². The van der Waals surface area contributed by atoms with Crippen molar-refractivity contribution in [3.63, 3.8) is 0 Å². The summed E-state index contributed by atoms with van der Waals surface area (Å²) in [4.78, 5) is 2.50. The zero-order chi connectivity index (χ0) is 21.7. The van der Waals surface area contributed by atoms with Crippen LogP contribution in [0, 0.1) is 17.3 Å². The van der Waals surface area contributed by atoms with Gasteiger partial charge in [0.25, 0.3) is 0 Å². The first kappa shape index (κ1) is 20.8. The molecule has 0 unspecified atom stereocenters. The molecule has 4 fully saturated rings. The molecule has 9 heteroatoms. The second-order valence-corrected chi connectivity index (χ2v) is 13.1. The second kappa shape index (κ2) is 6.24. The predicted octanol–water partition coefficient (Wildman–Crippen LogP) is 3.66. The first-order chi connectivity index (χ1) is 13.8. The largest absolute Gasteiger partial charge is 0.435 e. The first-order valence-corrected chi connectivity index (χ1v) is 12.7. The molecule has 2 aliphatic carbocycles. The fraction of sp³-hybridized carbons (Fsp3) is 0.857. The van der Waals surface area contributed by atoms with E-state index in [0.29, 0.717) is 29.4 Å². The number of rotatable bonds is 2. The molecule has 0 radical (unpaired) electrons. The van der Waals surface area contributed by atoms with Crippen molar-refractivity contribution in [2.45, 2.75) is 70.1 Å². The Morgan fingerprint density at radius 2 is 1.63 bits per heavy atom. The third kappa shape index (κ3) is 3.40. The number of likely N-dealkylation sites (tertiary alicyclic amines) is 1. The number of aromatic nitrogens is 2. The maximum atomic E-state index is 13.3. The van der Waals surface area contributed by atoms with Crippen molar-refractivity contribution < 1.29 is 21.6 Å². The van der Waals surface area contributed by atoms with Crippen LogP contribution in [0.5, 0.6) is 0 Å². The summed E-state index contributed by atoms with van der Waals surface area (Å²) in [5, 5.41) is 3.93. The Kier molecular flexibility index (Phi) is 4.33. The lowest BCUT2D eigenvalue weighted by atomic mass is 9.80. The molecule has 30 heavy (non-hydrogen) atoms. The lowest BCUT2D eigenvalue weighted by Gasteiger charge is -2.48. The Morgan fingerprint density at radius 3 is 2.10 bits per heavy atom. The number of sulfone groups is 1. The summed E-state index contributed by atoms with van der Waals surface area (Å²) in [6, 6.07) is 1.75. The summed E-state index contributed by atoms with van der Waals surface area (Å²) < 4.78 is 64.6. The second-order valence-electron chi connectivity index (χ2n) is 11.1. The molecule has 5 rings (SSSR count). The van der Waals surface area contributed by atoms with Gasteiger partial charge in [-0.15, -0.1) is 0 Å². The summed E-state index contributed by atoms with van der Waals surface area (Å²) in [5.41, 5.74) is -0.516. The number of halogens is 3. The molecule has 168 valence electrons. The van der Waals surface area contributed by atoms with Crippen molar-refractivity contribution in [3.8, 4) is 0 Å². The number of alkyl halides is 3. The van der Waals surface area contributed by atoms with Crippen LogP contribution >= 0.6 is 0 Å². The number of piperidine rings is 1. The maximum absolute atomic E-state index is 13.3. The molecule has 4 atom stereocenters. The molecule has 2 saturated carbocycles. The van der Waals surface area contributed by atoms with E-state index in [4.69, 9.17) is 0 Å². The number of nitrogens with zero attached hydrogens (tertiary/aromatic N) is 3. The van der Waals surface area contributed by atoms with Crippen molar-refractivity contribution in [2.75, 3.05) is 24.6 Å². The van der Waals surface area contributed by atoms with Crippen LogP contribution in [0.15, 0.2) is 6.07 Å². The normalized spacial score (nSPS) is 35.3. The highest BCUT2D eigenvalue weighted by Crippen LogP contribution is 2.64. The van der Waals surface area contributed by atoms with E-state index in [1.807, 2.05) is 20.8 Å². The van der Waals surface area contributed by atoms with Gasteiger partial charge in [0.05, 0.1) is 17.0 Å². The van der Waals surface area contributed by atoms with Gasteiger partial charge in [-0.1, -0.05) is 0 Å². The van der Waals surface area contributed by atoms with Gasteiger partial charge in [-0.2, -0.15) is 18.3 Å². The quantitative estimate of drug-likeness (QED) is 0.697. The van der Waals surface area contributed by atoms with Crippen molar-refractivity contribution in [1.29, 1.82) is 0 Å².